The highest BCUT2D eigenvalue weighted by Gasteiger charge is 2.44. The van der Waals surface area contributed by atoms with Crippen LogP contribution in [0.1, 0.15) is 60.6 Å². The van der Waals surface area contributed by atoms with Gasteiger partial charge in [0.05, 0.1) is 29.9 Å². The van der Waals surface area contributed by atoms with Crippen molar-refractivity contribution in [3.63, 3.8) is 0 Å². The molecule has 1 aliphatic carbocycles. The summed E-state index contributed by atoms with van der Waals surface area (Å²) in [7, 11) is -3.98. The molecule has 1 amide bonds. The molecule has 4 aromatic carbocycles. The lowest BCUT2D eigenvalue weighted by Gasteiger charge is -2.30. The predicted octanol–water partition coefficient (Wildman–Crippen LogP) is 8.38. The number of benzene rings is 4. The number of anilines is 1. The molecule has 1 heterocycles. The van der Waals surface area contributed by atoms with Crippen LogP contribution in [0.4, 0.5) is 5.69 Å². The quantitative estimate of drug-likeness (QED) is 0.183. The van der Waals surface area contributed by atoms with Crippen molar-refractivity contribution in [2.75, 3.05) is 17.9 Å². The van der Waals surface area contributed by atoms with Crippen LogP contribution in [0.3, 0.4) is 0 Å². The Bertz CT molecular complexity index is 1910. The Kier molecular flexibility index (Phi) is 9.66. The second-order valence-electron chi connectivity index (χ2n) is 11.4. The highest BCUT2D eigenvalue weighted by atomic mass is 35.5. The molecule has 1 N–H and O–H groups in total. The number of hydrazone groups is 1. The maximum Gasteiger partial charge on any atom is 0.274 e. The van der Waals surface area contributed by atoms with Crippen LogP contribution in [0.2, 0.25) is 5.02 Å². The normalized spacial score (nSPS) is 18.4. The van der Waals surface area contributed by atoms with Crippen molar-refractivity contribution in [1.82, 2.24) is 5.01 Å². The van der Waals surface area contributed by atoms with Gasteiger partial charge in [-0.25, -0.2) is 13.4 Å². The van der Waals surface area contributed by atoms with E-state index in [0.29, 0.717) is 23.9 Å². The van der Waals surface area contributed by atoms with E-state index in [-0.39, 0.29) is 28.3 Å². The van der Waals surface area contributed by atoms with Crippen molar-refractivity contribution in [1.29, 1.82) is 0 Å². The van der Waals surface area contributed by atoms with Gasteiger partial charge in [-0.15, -0.1) is 0 Å². The van der Waals surface area contributed by atoms with Gasteiger partial charge in [0.25, 0.3) is 15.9 Å². The molecule has 0 unspecified atom stereocenters. The first-order valence-corrected chi connectivity index (χ1v) is 17.6. The van der Waals surface area contributed by atoms with Crippen LogP contribution in [0.25, 0.3) is 6.08 Å². The highest BCUT2D eigenvalue weighted by molar-refractivity contribution is 7.92. The van der Waals surface area contributed by atoms with E-state index in [9.17, 15) is 13.2 Å². The summed E-state index contributed by atoms with van der Waals surface area (Å²) in [6.07, 6.45) is 4.79. The lowest BCUT2D eigenvalue weighted by molar-refractivity contribution is 0.0680. The van der Waals surface area contributed by atoms with E-state index in [4.69, 9.17) is 26.2 Å². The molecule has 4 aromatic rings. The Morgan fingerprint density at radius 2 is 1.60 bits per heavy atom. The lowest BCUT2D eigenvalue weighted by atomic mass is 9.77. The summed E-state index contributed by atoms with van der Waals surface area (Å²) in [6, 6.07) is 27.8. The SMILES string of the molecule is CCOc1ccc(/C=C2\CCC[C@@H]3C2=NN(C(=O)c2cccc(S(=O)(=O)Nc4ccc(Cl)cc4)c2)[C@H]3c2ccc(OCC)cc2)cc1. The molecule has 0 saturated heterocycles. The van der Waals surface area contributed by atoms with Crippen LogP contribution in [0.15, 0.2) is 113 Å². The highest BCUT2D eigenvalue weighted by Crippen LogP contribution is 2.45. The van der Waals surface area contributed by atoms with Crippen molar-refractivity contribution < 1.29 is 22.7 Å². The maximum atomic E-state index is 14.3. The van der Waals surface area contributed by atoms with Gasteiger partial charge in [-0.05, 0) is 123 Å². The second-order valence-corrected chi connectivity index (χ2v) is 13.5. The van der Waals surface area contributed by atoms with Crippen LogP contribution in [-0.2, 0) is 10.0 Å². The standard InChI is InChI=1S/C37H36ClN3O5S/c1-3-45-31-19-11-25(12-20-31)23-27-7-6-10-34-35(27)39-41(36(34)26-13-21-32(22-14-26)46-4-2)37(42)28-8-5-9-33(24-28)47(43,44)40-30-17-15-29(38)16-18-30/h5,8-9,11-24,34,36,40H,3-4,6-7,10H2,1-2H3/b27-23+/t34-,36+/m1/s1. The van der Waals surface area contributed by atoms with Gasteiger partial charge in [0, 0.05) is 22.2 Å². The molecule has 47 heavy (non-hydrogen) atoms. The predicted molar refractivity (Wildman–Crippen MR) is 186 cm³/mol. The molecule has 2 atom stereocenters. The first-order chi connectivity index (χ1) is 22.8. The molecular weight excluding hydrogens is 634 g/mol. The molecule has 2 aliphatic rings. The summed E-state index contributed by atoms with van der Waals surface area (Å²) in [4.78, 5) is 14.3. The number of halogens is 1. The number of nitrogens with zero attached hydrogens (tertiary/aromatic N) is 2. The number of sulfonamides is 1. The second kappa shape index (κ2) is 14.0. The third-order valence-corrected chi connectivity index (χ3v) is 9.89. The number of rotatable bonds is 10. The monoisotopic (exact) mass is 669 g/mol. The summed E-state index contributed by atoms with van der Waals surface area (Å²) in [6.45, 7) is 5.04. The lowest BCUT2D eigenvalue weighted by Crippen LogP contribution is -2.32. The van der Waals surface area contributed by atoms with E-state index >= 15 is 0 Å². The zero-order valence-electron chi connectivity index (χ0n) is 26.2. The molecule has 10 heteroatoms. The average molecular weight is 670 g/mol. The van der Waals surface area contributed by atoms with E-state index < -0.39 is 10.0 Å². The fourth-order valence-corrected chi connectivity index (χ4v) is 7.35. The number of carbonyl (C=O) groups excluding carboxylic acids is 1. The van der Waals surface area contributed by atoms with Gasteiger partial charge in [-0.2, -0.15) is 5.10 Å². The van der Waals surface area contributed by atoms with E-state index in [2.05, 4.69) is 10.8 Å². The molecule has 0 radical (unpaired) electrons. The van der Waals surface area contributed by atoms with Gasteiger partial charge >= 0.3 is 0 Å². The topological polar surface area (TPSA) is 97.3 Å². The van der Waals surface area contributed by atoms with Crippen LogP contribution >= 0.6 is 11.6 Å². The summed E-state index contributed by atoms with van der Waals surface area (Å²) >= 11 is 5.96. The number of fused-ring (bicyclic) bond motifs is 1. The van der Waals surface area contributed by atoms with Crippen LogP contribution in [0, 0.1) is 5.92 Å². The number of nitrogens with one attached hydrogen (secondary N) is 1. The van der Waals surface area contributed by atoms with Crippen LogP contribution in [-0.4, -0.2) is 38.3 Å². The number of ether oxygens (including phenoxy) is 2. The van der Waals surface area contributed by atoms with Gasteiger partial charge < -0.3 is 9.47 Å². The van der Waals surface area contributed by atoms with Gasteiger partial charge in [0.15, 0.2) is 0 Å². The van der Waals surface area contributed by atoms with E-state index in [1.165, 1.54) is 17.1 Å². The first kappa shape index (κ1) is 32.3. The van der Waals surface area contributed by atoms with Gasteiger partial charge in [-0.1, -0.05) is 41.9 Å². The van der Waals surface area contributed by atoms with Crippen molar-refractivity contribution in [2.24, 2.45) is 11.0 Å². The molecule has 242 valence electrons. The molecule has 1 saturated carbocycles. The number of allylic oxidation sites excluding steroid dienone is 1. The fraction of sp³-hybridized carbons (Fsp3) is 0.243. The zero-order chi connectivity index (χ0) is 33.0. The number of hydrogen-bond donors (Lipinski definition) is 1. The van der Waals surface area contributed by atoms with Crippen LogP contribution < -0.4 is 14.2 Å². The minimum Gasteiger partial charge on any atom is -0.494 e. The molecule has 8 nitrogen and oxygen atoms in total. The molecule has 1 fully saturated rings. The van der Waals surface area contributed by atoms with Gasteiger partial charge in [0.1, 0.15) is 11.5 Å². The average Bonchev–Trinajstić information content (AvgIpc) is 3.48. The molecular formula is C37H36ClN3O5S. The molecule has 1 aliphatic heterocycles. The third-order valence-electron chi connectivity index (χ3n) is 8.26. The minimum atomic E-state index is -3.98. The van der Waals surface area contributed by atoms with Crippen molar-refractivity contribution in [3.8, 4) is 11.5 Å². The molecule has 0 spiro atoms. The fourth-order valence-electron chi connectivity index (χ4n) is 6.12. The van der Waals surface area contributed by atoms with Crippen molar-refractivity contribution in [2.45, 2.75) is 44.0 Å². The van der Waals surface area contributed by atoms with Crippen LogP contribution in [0.5, 0.6) is 11.5 Å². The number of carbonyl (C=O) groups is 1. The summed E-state index contributed by atoms with van der Waals surface area (Å²) < 4.78 is 40.5. The van der Waals surface area contributed by atoms with Gasteiger partial charge in [-0.3, -0.25) is 9.52 Å². The van der Waals surface area contributed by atoms with Crippen molar-refractivity contribution >= 4 is 45.0 Å². The Hall–Kier alpha value is -4.60. The third kappa shape index (κ3) is 7.21. The maximum absolute atomic E-state index is 14.3. The molecule has 0 bridgehead atoms. The zero-order valence-corrected chi connectivity index (χ0v) is 27.8. The van der Waals surface area contributed by atoms with E-state index in [1.807, 2.05) is 62.4 Å². The Labute approximate surface area is 280 Å². The molecule has 6 rings (SSSR count). The molecule has 0 aromatic heterocycles. The number of hydrogen-bond acceptors (Lipinski definition) is 6. The Morgan fingerprint density at radius 3 is 2.26 bits per heavy atom. The smallest absolute Gasteiger partial charge is 0.274 e. The first-order valence-electron chi connectivity index (χ1n) is 15.7. The van der Waals surface area contributed by atoms with Crippen molar-refractivity contribution in [3.05, 3.63) is 124 Å². The number of amides is 1. The van der Waals surface area contributed by atoms with E-state index in [0.717, 1.165) is 53.2 Å². The Morgan fingerprint density at radius 1 is 0.936 bits per heavy atom. The Balaban J connectivity index is 1.35. The van der Waals surface area contributed by atoms with Gasteiger partial charge in [0.2, 0.25) is 0 Å². The van der Waals surface area contributed by atoms with E-state index in [1.54, 1.807) is 36.4 Å². The largest absolute Gasteiger partial charge is 0.494 e. The summed E-state index contributed by atoms with van der Waals surface area (Å²) in [5.74, 6) is 1.15. The minimum absolute atomic E-state index is 0.0296. The summed E-state index contributed by atoms with van der Waals surface area (Å²) in [5, 5.41) is 7.02. The summed E-state index contributed by atoms with van der Waals surface area (Å²) in [5.41, 5.74) is 4.51.